The predicted molar refractivity (Wildman–Crippen MR) is 162 cm³/mol. The van der Waals surface area contributed by atoms with Gasteiger partial charge in [0.1, 0.15) is 28.6 Å². The molecule has 1 heterocycles. The summed E-state index contributed by atoms with van der Waals surface area (Å²) in [4.78, 5) is 40.9. The fraction of sp³-hybridized carbons (Fsp3) is 0.333. The third kappa shape index (κ3) is 9.13. The van der Waals surface area contributed by atoms with Gasteiger partial charge in [0.2, 0.25) is 0 Å². The van der Waals surface area contributed by atoms with E-state index in [9.17, 15) is 14.4 Å². The van der Waals surface area contributed by atoms with E-state index in [1.54, 1.807) is 92.1 Å². The maximum Gasteiger partial charge on any atom is 0.409 e. The van der Waals surface area contributed by atoms with Crippen molar-refractivity contribution in [3.63, 3.8) is 0 Å². The van der Waals surface area contributed by atoms with Gasteiger partial charge in [0, 0.05) is 44.4 Å². The topological polar surface area (TPSA) is 130 Å². The van der Waals surface area contributed by atoms with Crippen LogP contribution in [0.3, 0.4) is 0 Å². The van der Waals surface area contributed by atoms with Gasteiger partial charge in [-0.25, -0.2) is 9.59 Å². The fourth-order valence-corrected chi connectivity index (χ4v) is 4.34. The zero-order chi connectivity index (χ0) is 31.7. The summed E-state index contributed by atoms with van der Waals surface area (Å²) in [6, 6.07) is 20.8. The number of carbonyl (C=O) groups excluding carboxylic acids is 3. The molecule has 3 aromatic carbocycles. The first-order valence-electron chi connectivity index (χ1n) is 14.3. The Morgan fingerprint density at radius 2 is 1.36 bits per heavy atom. The summed E-state index contributed by atoms with van der Waals surface area (Å²) in [5, 5.41) is 11.8. The third-order valence-corrected chi connectivity index (χ3v) is 6.43. The van der Waals surface area contributed by atoms with Gasteiger partial charge >= 0.3 is 12.2 Å². The number of nitrogens with zero attached hydrogens (tertiary/aromatic N) is 3. The normalized spacial score (nSPS) is 13.0. The molecule has 44 heavy (non-hydrogen) atoms. The number of hydrogen-bond acceptors (Lipinski definition) is 8. The maximum atomic E-state index is 13.6. The van der Waals surface area contributed by atoms with Crippen LogP contribution in [0.1, 0.15) is 49.2 Å². The Balaban J connectivity index is 1.50. The number of piperazine rings is 1. The summed E-state index contributed by atoms with van der Waals surface area (Å²) < 4.78 is 22.5. The average molecular weight is 601 g/mol. The molecule has 0 spiro atoms. The minimum Gasteiger partial charge on any atom is -0.457 e. The van der Waals surface area contributed by atoms with E-state index in [1.807, 2.05) is 12.1 Å². The minimum absolute atomic E-state index is 0.229. The zero-order valence-electron chi connectivity index (χ0n) is 25.3. The van der Waals surface area contributed by atoms with Crippen molar-refractivity contribution in [1.82, 2.24) is 15.1 Å². The van der Waals surface area contributed by atoms with Crippen LogP contribution >= 0.6 is 0 Å². The number of carbonyl (C=O) groups is 3. The van der Waals surface area contributed by atoms with Crippen molar-refractivity contribution in [2.24, 2.45) is 0 Å². The molecule has 4 rings (SSSR count). The van der Waals surface area contributed by atoms with E-state index in [0.717, 1.165) is 5.56 Å². The van der Waals surface area contributed by atoms with Gasteiger partial charge in [-0.3, -0.25) is 4.79 Å². The molecule has 0 aromatic heterocycles. The van der Waals surface area contributed by atoms with Gasteiger partial charge in [0.15, 0.2) is 0 Å². The van der Waals surface area contributed by atoms with Crippen molar-refractivity contribution in [2.75, 3.05) is 32.8 Å². The Labute approximate surface area is 256 Å². The lowest BCUT2D eigenvalue weighted by molar-refractivity contribution is 0.0523. The fourth-order valence-electron chi connectivity index (χ4n) is 4.34. The molecular weight excluding hydrogens is 564 g/mol. The highest BCUT2D eigenvalue weighted by atomic mass is 16.6. The highest BCUT2D eigenvalue weighted by Crippen LogP contribution is 2.31. The van der Waals surface area contributed by atoms with Crippen molar-refractivity contribution < 1.29 is 33.3 Å². The molecule has 11 heteroatoms. The van der Waals surface area contributed by atoms with Crippen LogP contribution < -0.4 is 14.8 Å². The van der Waals surface area contributed by atoms with Gasteiger partial charge in [0.25, 0.3) is 5.91 Å². The van der Waals surface area contributed by atoms with Crippen LogP contribution in [0.2, 0.25) is 0 Å². The van der Waals surface area contributed by atoms with Crippen molar-refractivity contribution in [3.8, 4) is 29.1 Å². The minimum atomic E-state index is -0.586. The molecule has 3 aromatic rings. The monoisotopic (exact) mass is 600 g/mol. The van der Waals surface area contributed by atoms with Gasteiger partial charge in [-0.15, -0.1) is 0 Å². The Morgan fingerprint density at radius 1 is 0.818 bits per heavy atom. The molecule has 0 radical (unpaired) electrons. The lowest BCUT2D eigenvalue weighted by atomic mass is 10.1. The zero-order valence-corrected chi connectivity index (χ0v) is 25.3. The number of rotatable bonds is 8. The smallest absolute Gasteiger partial charge is 0.409 e. The molecule has 3 amide bonds. The predicted octanol–water partition coefficient (Wildman–Crippen LogP) is 6.08. The van der Waals surface area contributed by atoms with E-state index < -0.39 is 11.7 Å². The van der Waals surface area contributed by atoms with E-state index >= 15 is 0 Å². The quantitative estimate of drug-likeness (QED) is 0.329. The number of nitriles is 1. The highest BCUT2D eigenvalue weighted by molar-refractivity contribution is 5.95. The van der Waals surface area contributed by atoms with Gasteiger partial charge in [-0.1, -0.05) is 12.1 Å². The number of benzene rings is 3. The molecule has 1 aliphatic rings. The van der Waals surface area contributed by atoms with E-state index in [-0.39, 0.29) is 18.5 Å². The summed E-state index contributed by atoms with van der Waals surface area (Å²) in [6.07, 6.45) is -0.892. The second kappa shape index (κ2) is 14.3. The molecule has 11 nitrogen and oxygen atoms in total. The van der Waals surface area contributed by atoms with Crippen LogP contribution in [0.5, 0.6) is 23.0 Å². The third-order valence-electron chi connectivity index (χ3n) is 6.43. The van der Waals surface area contributed by atoms with Gasteiger partial charge in [0.05, 0.1) is 18.2 Å². The van der Waals surface area contributed by atoms with Gasteiger partial charge in [-0.05, 0) is 81.8 Å². The number of amides is 3. The average Bonchev–Trinajstić information content (AvgIpc) is 3.00. The molecule has 1 aliphatic heterocycles. The highest BCUT2D eigenvalue weighted by Gasteiger charge is 2.26. The molecule has 0 bridgehead atoms. The van der Waals surface area contributed by atoms with E-state index in [0.29, 0.717) is 66.9 Å². The van der Waals surface area contributed by atoms with Crippen molar-refractivity contribution in [2.45, 2.75) is 39.8 Å². The molecular formula is C33H36N4O7. The summed E-state index contributed by atoms with van der Waals surface area (Å²) in [6.45, 7) is 9.17. The van der Waals surface area contributed by atoms with Crippen molar-refractivity contribution >= 4 is 18.1 Å². The largest absolute Gasteiger partial charge is 0.457 e. The first kappa shape index (κ1) is 31.7. The first-order valence-corrected chi connectivity index (χ1v) is 14.3. The molecule has 0 unspecified atom stereocenters. The first-order chi connectivity index (χ1) is 21.0. The van der Waals surface area contributed by atoms with E-state index in [4.69, 9.17) is 24.2 Å². The second-order valence-corrected chi connectivity index (χ2v) is 11.0. The summed E-state index contributed by atoms with van der Waals surface area (Å²) in [5.41, 5.74) is 1.11. The van der Waals surface area contributed by atoms with E-state index in [1.165, 1.54) is 0 Å². The molecule has 1 saturated heterocycles. The number of ether oxygens (including phenoxy) is 4. The van der Waals surface area contributed by atoms with Gasteiger partial charge < -0.3 is 34.1 Å². The Hall–Kier alpha value is -5.24. The van der Waals surface area contributed by atoms with Crippen LogP contribution in [0.15, 0.2) is 66.7 Å². The number of alkyl carbamates (subject to hydrolysis) is 1. The summed E-state index contributed by atoms with van der Waals surface area (Å²) in [5.74, 6) is 1.53. The molecule has 0 aliphatic carbocycles. The molecule has 230 valence electrons. The SMILES string of the molecule is CCOC(=O)N1CCN(C(=O)c2cc(Oc3ccc(C#N)cc3)cc(Oc3ccc(CNC(=O)OC(C)(C)C)cc3)c2)CC1. The number of hydrogen-bond donors (Lipinski definition) is 1. The van der Waals surface area contributed by atoms with Crippen molar-refractivity contribution in [1.29, 1.82) is 5.26 Å². The lowest BCUT2D eigenvalue weighted by Gasteiger charge is -2.34. The van der Waals surface area contributed by atoms with Crippen molar-refractivity contribution in [3.05, 3.63) is 83.4 Å². The molecule has 1 fully saturated rings. The van der Waals surface area contributed by atoms with Crippen LogP contribution in [0.25, 0.3) is 0 Å². The van der Waals surface area contributed by atoms with Crippen LogP contribution in [-0.4, -0.2) is 66.3 Å². The van der Waals surface area contributed by atoms with E-state index in [2.05, 4.69) is 11.4 Å². The summed E-state index contributed by atoms with van der Waals surface area (Å²) >= 11 is 0. The summed E-state index contributed by atoms with van der Waals surface area (Å²) in [7, 11) is 0. The Morgan fingerprint density at radius 3 is 1.89 bits per heavy atom. The Kier molecular flexibility index (Phi) is 10.3. The van der Waals surface area contributed by atoms with Crippen LogP contribution in [0, 0.1) is 11.3 Å². The second-order valence-electron chi connectivity index (χ2n) is 11.0. The number of nitrogens with one attached hydrogen (secondary N) is 1. The van der Waals surface area contributed by atoms with Crippen LogP contribution in [0.4, 0.5) is 9.59 Å². The molecule has 0 saturated carbocycles. The standard InChI is InChI=1S/C33H36N4O7/c1-5-41-32(40)37-16-14-36(15-17-37)30(38)25-18-28(42-26-10-6-23(21-34)7-11-26)20-29(19-25)43-27-12-8-24(9-13-27)22-35-31(39)44-33(2,3)4/h6-13,18-20H,5,14-17,22H2,1-4H3,(H,35,39). The molecule has 1 N–H and O–H groups in total. The Bertz CT molecular complexity index is 1500. The van der Waals surface area contributed by atoms with Crippen LogP contribution in [-0.2, 0) is 16.0 Å². The van der Waals surface area contributed by atoms with Gasteiger partial charge in [-0.2, -0.15) is 5.26 Å². The lowest BCUT2D eigenvalue weighted by Crippen LogP contribution is -2.50. The maximum absolute atomic E-state index is 13.6. The molecule has 0 atom stereocenters.